The molecular weight excluding hydrogens is 304 g/mol. The van der Waals surface area contributed by atoms with E-state index in [2.05, 4.69) is 20.8 Å². The van der Waals surface area contributed by atoms with Crippen molar-refractivity contribution in [3.05, 3.63) is 23.3 Å². The molecule has 0 radical (unpaired) electrons. The first kappa shape index (κ1) is 17.2. The molecule has 4 atom stereocenters. The second kappa shape index (κ2) is 6.05. The lowest BCUT2D eigenvalue weighted by Crippen LogP contribution is -2.51. The van der Waals surface area contributed by atoms with Crippen molar-refractivity contribution in [3.63, 3.8) is 0 Å². The van der Waals surface area contributed by atoms with E-state index in [1.165, 1.54) is 0 Å². The first-order valence-electron chi connectivity index (χ1n) is 9.09. The Balaban J connectivity index is 1.87. The molecule has 24 heavy (non-hydrogen) atoms. The molecule has 0 aromatic carbocycles. The van der Waals surface area contributed by atoms with Gasteiger partial charge in [0.15, 0.2) is 0 Å². The predicted molar refractivity (Wildman–Crippen MR) is 91.3 cm³/mol. The minimum Gasteiger partial charge on any atom is -0.478 e. The van der Waals surface area contributed by atoms with Crippen LogP contribution in [0.1, 0.15) is 59.3 Å². The fraction of sp³-hybridized carbons (Fsp3) is 0.700. The summed E-state index contributed by atoms with van der Waals surface area (Å²) in [6.45, 7) is 7.14. The Morgan fingerprint density at radius 2 is 2.08 bits per heavy atom. The largest absolute Gasteiger partial charge is 0.478 e. The predicted octanol–water partition coefficient (Wildman–Crippen LogP) is 4.11. The molecule has 3 aliphatic rings. The Kier molecular flexibility index (Phi) is 4.35. The molecule has 0 amide bonds. The van der Waals surface area contributed by atoms with Gasteiger partial charge >= 0.3 is 11.9 Å². The van der Waals surface area contributed by atoms with E-state index in [1.54, 1.807) is 0 Å². The molecule has 4 nitrogen and oxygen atoms in total. The van der Waals surface area contributed by atoms with Crippen LogP contribution in [0.15, 0.2) is 23.3 Å². The summed E-state index contributed by atoms with van der Waals surface area (Å²) in [4.78, 5) is 23.5. The van der Waals surface area contributed by atoms with Crippen LogP contribution in [-0.2, 0) is 14.3 Å². The molecule has 1 N–H and O–H groups in total. The summed E-state index contributed by atoms with van der Waals surface area (Å²) in [5.74, 6) is -0.0645. The third kappa shape index (κ3) is 2.60. The van der Waals surface area contributed by atoms with E-state index >= 15 is 0 Å². The highest BCUT2D eigenvalue weighted by atomic mass is 16.5. The molecule has 132 valence electrons. The third-order valence-corrected chi connectivity index (χ3v) is 7.18. The molecular formula is C20H28O4. The number of carbonyl (C=O) groups excluding carboxylic acids is 1. The fourth-order valence-electron chi connectivity index (χ4n) is 5.44. The highest BCUT2D eigenvalue weighted by Gasteiger charge is 2.55. The van der Waals surface area contributed by atoms with Crippen LogP contribution < -0.4 is 0 Å². The number of ether oxygens (including phenoxy) is 1. The third-order valence-electron chi connectivity index (χ3n) is 7.18. The number of aliphatic carboxylic acids is 1. The van der Waals surface area contributed by atoms with Crippen molar-refractivity contribution in [1.82, 2.24) is 0 Å². The zero-order valence-electron chi connectivity index (χ0n) is 14.9. The van der Waals surface area contributed by atoms with Crippen LogP contribution in [0, 0.1) is 22.7 Å². The van der Waals surface area contributed by atoms with Crippen molar-refractivity contribution >= 4 is 11.9 Å². The molecule has 0 saturated heterocycles. The van der Waals surface area contributed by atoms with E-state index in [-0.39, 0.29) is 16.8 Å². The molecule has 0 unspecified atom stereocenters. The highest BCUT2D eigenvalue weighted by molar-refractivity contribution is 5.90. The van der Waals surface area contributed by atoms with Crippen LogP contribution in [0.5, 0.6) is 0 Å². The van der Waals surface area contributed by atoms with E-state index in [4.69, 9.17) is 4.74 Å². The van der Waals surface area contributed by atoms with Crippen LogP contribution in [-0.4, -0.2) is 23.7 Å². The molecule has 0 aromatic heterocycles. The summed E-state index contributed by atoms with van der Waals surface area (Å²) in [7, 11) is 0. The van der Waals surface area contributed by atoms with Gasteiger partial charge in [-0.1, -0.05) is 26.8 Å². The Morgan fingerprint density at radius 1 is 1.33 bits per heavy atom. The maximum Gasteiger partial charge on any atom is 0.334 e. The number of rotatable bonds is 4. The normalized spacial score (nSPS) is 38.9. The van der Waals surface area contributed by atoms with Crippen LogP contribution >= 0.6 is 0 Å². The van der Waals surface area contributed by atoms with Gasteiger partial charge in [0.25, 0.3) is 0 Å². The molecule has 1 aliphatic heterocycles. The van der Waals surface area contributed by atoms with Crippen molar-refractivity contribution < 1.29 is 19.4 Å². The molecule has 2 aliphatic carbocycles. The van der Waals surface area contributed by atoms with E-state index in [0.29, 0.717) is 24.0 Å². The molecule has 1 saturated carbocycles. The monoisotopic (exact) mass is 332 g/mol. The van der Waals surface area contributed by atoms with Crippen molar-refractivity contribution in [2.75, 3.05) is 6.61 Å². The van der Waals surface area contributed by atoms with E-state index in [9.17, 15) is 14.7 Å². The van der Waals surface area contributed by atoms with Crippen molar-refractivity contribution in [2.45, 2.75) is 59.3 Å². The van der Waals surface area contributed by atoms with Crippen LogP contribution in [0.25, 0.3) is 0 Å². The van der Waals surface area contributed by atoms with E-state index in [1.807, 2.05) is 12.2 Å². The molecule has 1 fully saturated rings. The number of carboxylic acids is 1. The van der Waals surface area contributed by atoms with Gasteiger partial charge in [0, 0.05) is 16.6 Å². The van der Waals surface area contributed by atoms with E-state index in [0.717, 1.165) is 44.1 Å². The Bertz CT molecular complexity index is 617. The average molecular weight is 332 g/mol. The second-order valence-corrected chi connectivity index (χ2v) is 8.24. The Hall–Kier alpha value is -1.58. The van der Waals surface area contributed by atoms with Gasteiger partial charge in [0.2, 0.25) is 0 Å². The molecule has 0 spiro atoms. The van der Waals surface area contributed by atoms with Crippen LogP contribution in [0.2, 0.25) is 0 Å². The number of fused-ring (bicyclic) bond motifs is 1. The molecule has 0 bridgehead atoms. The maximum absolute atomic E-state index is 11.8. The molecule has 3 rings (SSSR count). The zero-order chi connectivity index (χ0) is 17.5. The van der Waals surface area contributed by atoms with Gasteiger partial charge in [-0.15, -0.1) is 0 Å². The van der Waals surface area contributed by atoms with Gasteiger partial charge in [-0.05, 0) is 61.9 Å². The maximum atomic E-state index is 11.8. The number of carbonyl (C=O) groups is 2. The molecule has 4 heteroatoms. The van der Waals surface area contributed by atoms with Crippen molar-refractivity contribution in [1.29, 1.82) is 0 Å². The SMILES string of the molecule is C[C@@H]1CC[C@]2(C)C(C(=O)O)=CCC[C@@H]2[C@@]1(C)CCC1=CCOC1=O. The topological polar surface area (TPSA) is 63.6 Å². The van der Waals surface area contributed by atoms with Crippen molar-refractivity contribution in [3.8, 4) is 0 Å². The van der Waals surface area contributed by atoms with Gasteiger partial charge in [-0.25, -0.2) is 9.59 Å². The minimum atomic E-state index is -0.763. The van der Waals surface area contributed by atoms with Gasteiger partial charge in [-0.2, -0.15) is 0 Å². The minimum absolute atomic E-state index is 0.0473. The number of hydrogen-bond acceptors (Lipinski definition) is 3. The fourth-order valence-corrected chi connectivity index (χ4v) is 5.44. The summed E-state index contributed by atoms with van der Waals surface area (Å²) in [6.07, 6.45) is 9.34. The van der Waals surface area contributed by atoms with Gasteiger partial charge in [0.05, 0.1) is 0 Å². The number of esters is 1. The van der Waals surface area contributed by atoms with Crippen LogP contribution in [0.4, 0.5) is 0 Å². The summed E-state index contributed by atoms with van der Waals surface area (Å²) < 4.78 is 5.02. The van der Waals surface area contributed by atoms with Gasteiger partial charge < -0.3 is 9.84 Å². The lowest BCUT2D eigenvalue weighted by molar-refractivity contribution is -0.137. The standard InChI is InChI=1S/C20H28O4/c1-13-7-10-20(3)15(17(21)22)5-4-6-16(20)19(13,2)11-8-14-9-12-24-18(14)23/h5,9,13,16H,4,6-8,10-12H2,1-3H3,(H,21,22)/t13-,16-,19+,20-/m1/s1. The summed E-state index contributed by atoms with van der Waals surface area (Å²) >= 11 is 0. The molecule has 1 heterocycles. The van der Waals surface area contributed by atoms with Gasteiger partial charge in [-0.3, -0.25) is 0 Å². The second-order valence-electron chi connectivity index (χ2n) is 8.24. The van der Waals surface area contributed by atoms with Crippen LogP contribution in [0.3, 0.4) is 0 Å². The Labute approximate surface area is 144 Å². The first-order chi connectivity index (χ1) is 11.3. The highest BCUT2D eigenvalue weighted by Crippen LogP contribution is 2.62. The number of cyclic esters (lactones) is 1. The number of carboxylic acid groups (broad SMARTS) is 1. The summed E-state index contributed by atoms with van der Waals surface area (Å²) in [5, 5.41) is 9.68. The zero-order valence-corrected chi connectivity index (χ0v) is 14.9. The summed E-state index contributed by atoms with van der Waals surface area (Å²) in [6, 6.07) is 0. The lowest BCUT2D eigenvalue weighted by atomic mass is 9.46. The van der Waals surface area contributed by atoms with E-state index < -0.39 is 5.97 Å². The lowest BCUT2D eigenvalue weighted by Gasteiger charge is -2.57. The summed E-state index contributed by atoms with van der Waals surface area (Å²) in [5.41, 5.74) is 1.19. The van der Waals surface area contributed by atoms with Gasteiger partial charge in [0.1, 0.15) is 6.61 Å². The number of allylic oxidation sites excluding steroid dienone is 1. The van der Waals surface area contributed by atoms with Crippen molar-refractivity contribution in [2.24, 2.45) is 22.7 Å². The number of hydrogen-bond donors (Lipinski definition) is 1. The molecule has 0 aromatic rings. The smallest absolute Gasteiger partial charge is 0.334 e. The average Bonchev–Trinajstić information content (AvgIpc) is 2.94. The first-order valence-corrected chi connectivity index (χ1v) is 9.09. The quantitative estimate of drug-likeness (QED) is 0.787. The Morgan fingerprint density at radius 3 is 2.71 bits per heavy atom.